The van der Waals surface area contributed by atoms with Crippen molar-refractivity contribution in [1.82, 2.24) is 5.32 Å². The van der Waals surface area contributed by atoms with E-state index in [2.05, 4.69) is 5.32 Å². The maximum atomic E-state index is 12.0. The van der Waals surface area contributed by atoms with Gasteiger partial charge in [0.1, 0.15) is 11.9 Å². The summed E-state index contributed by atoms with van der Waals surface area (Å²) in [5.74, 6) is 1.06. The van der Waals surface area contributed by atoms with Crippen LogP contribution in [0.25, 0.3) is 0 Å². The first kappa shape index (κ1) is 14.4. The van der Waals surface area contributed by atoms with Crippen LogP contribution in [0.15, 0.2) is 42.2 Å². The number of ether oxygens (including phenoxy) is 2. The number of allylic oxidation sites excluding steroid dienone is 1. The number of amides is 1. The van der Waals surface area contributed by atoms with Gasteiger partial charge in [-0.3, -0.25) is 4.79 Å². The second-order valence-electron chi connectivity index (χ2n) is 4.96. The van der Waals surface area contributed by atoms with Gasteiger partial charge in [-0.05, 0) is 44.9 Å². The number of carbonyl (C=O) groups is 1. The monoisotopic (exact) mass is 275 g/mol. The van der Waals surface area contributed by atoms with Crippen LogP contribution in [0.1, 0.15) is 26.7 Å². The molecule has 1 amide bonds. The minimum atomic E-state index is -0.166. The highest BCUT2D eigenvalue weighted by Crippen LogP contribution is 2.14. The van der Waals surface area contributed by atoms with Crippen molar-refractivity contribution in [3.63, 3.8) is 0 Å². The molecule has 0 saturated carbocycles. The van der Waals surface area contributed by atoms with Gasteiger partial charge in [-0.25, -0.2) is 0 Å². The molecular formula is C16H21NO3. The van der Waals surface area contributed by atoms with E-state index in [4.69, 9.17) is 9.47 Å². The number of hydrogen-bond acceptors (Lipinski definition) is 3. The van der Waals surface area contributed by atoms with Gasteiger partial charge in [0.25, 0.3) is 5.91 Å². The van der Waals surface area contributed by atoms with Gasteiger partial charge in [0.15, 0.2) is 5.76 Å². The fourth-order valence-corrected chi connectivity index (χ4v) is 1.93. The molecule has 4 nitrogen and oxygen atoms in total. The number of benzene rings is 1. The van der Waals surface area contributed by atoms with E-state index in [1.165, 1.54) is 0 Å². The molecule has 1 aromatic rings. The lowest BCUT2D eigenvalue weighted by molar-refractivity contribution is -0.122. The fraction of sp³-hybridized carbons (Fsp3) is 0.438. The van der Waals surface area contributed by atoms with Crippen LogP contribution in [0.3, 0.4) is 0 Å². The van der Waals surface area contributed by atoms with Crippen molar-refractivity contribution in [2.75, 3.05) is 6.61 Å². The predicted octanol–water partition coefficient (Wildman–Crippen LogP) is 2.65. The van der Waals surface area contributed by atoms with Gasteiger partial charge in [-0.1, -0.05) is 18.2 Å². The molecular weight excluding hydrogens is 254 g/mol. The Morgan fingerprint density at radius 1 is 1.30 bits per heavy atom. The van der Waals surface area contributed by atoms with Gasteiger partial charge in [0.2, 0.25) is 0 Å². The zero-order valence-electron chi connectivity index (χ0n) is 12.0. The van der Waals surface area contributed by atoms with Crippen LogP contribution in [-0.4, -0.2) is 24.7 Å². The SMILES string of the molecule is C[C@H](NC(=O)C1=CCCCO1)[C@H](C)Oc1ccccc1. The van der Waals surface area contributed by atoms with E-state index in [0.717, 1.165) is 18.6 Å². The van der Waals surface area contributed by atoms with Crippen molar-refractivity contribution in [3.05, 3.63) is 42.2 Å². The number of nitrogens with one attached hydrogen (secondary N) is 1. The summed E-state index contributed by atoms with van der Waals surface area (Å²) >= 11 is 0. The highest BCUT2D eigenvalue weighted by molar-refractivity contribution is 5.91. The summed E-state index contributed by atoms with van der Waals surface area (Å²) in [7, 11) is 0. The van der Waals surface area contributed by atoms with Gasteiger partial charge in [-0.2, -0.15) is 0 Å². The lowest BCUT2D eigenvalue weighted by atomic mass is 10.2. The molecule has 1 aliphatic heterocycles. The maximum absolute atomic E-state index is 12.0. The summed E-state index contributed by atoms with van der Waals surface area (Å²) in [6.07, 6.45) is 3.59. The summed E-state index contributed by atoms with van der Waals surface area (Å²) in [4.78, 5) is 12.0. The third-order valence-corrected chi connectivity index (χ3v) is 3.29. The topological polar surface area (TPSA) is 47.6 Å². The Kier molecular flexibility index (Phi) is 5.04. The summed E-state index contributed by atoms with van der Waals surface area (Å²) in [5.41, 5.74) is 0. The summed E-state index contributed by atoms with van der Waals surface area (Å²) < 4.78 is 11.1. The third kappa shape index (κ3) is 4.02. The molecule has 0 spiro atoms. The number of para-hydroxylation sites is 1. The molecule has 1 N–H and O–H groups in total. The first-order valence-electron chi connectivity index (χ1n) is 7.02. The van der Waals surface area contributed by atoms with Crippen LogP contribution in [0.4, 0.5) is 0 Å². The van der Waals surface area contributed by atoms with E-state index in [-0.39, 0.29) is 18.1 Å². The quantitative estimate of drug-likeness (QED) is 0.898. The van der Waals surface area contributed by atoms with Crippen LogP contribution in [0, 0.1) is 0 Å². The average molecular weight is 275 g/mol. The molecule has 20 heavy (non-hydrogen) atoms. The van der Waals surface area contributed by atoms with Crippen molar-refractivity contribution in [3.8, 4) is 5.75 Å². The molecule has 2 rings (SSSR count). The Morgan fingerprint density at radius 3 is 2.70 bits per heavy atom. The standard InChI is InChI=1S/C16H21NO3/c1-12(13(2)20-14-8-4-3-5-9-14)17-16(18)15-10-6-7-11-19-15/h3-5,8-10,12-13H,6-7,11H2,1-2H3,(H,17,18)/t12-,13-/m0/s1. The zero-order chi connectivity index (χ0) is 14.4. The first-order chi connectivity index (χ1) is 9.66. The Bertz CT molecular complexity index is 470. The molecule has 0 aromatic heterocycles. The predicted molar refractivity (Wildman–Crippen MR) is 77.4 cm³/mol. The van der Waals surface area contributed by atoms with Crippen LogP contribution in [-0.2, 0) is 9.53 Å². The van der Waals surface area contributed by atoms with Crippen molar-refractivity contribution < 1.29 is 14.3 Å². The molecule has 1 aliphatic rings. The van der Waals surface area contributed by atoms with E-state index in [1.54, 1.807) is 0 Å². The molecule has 0 radical (unpaired) electrons. The van der Waals surface area contributed by atoms with Gasteiger partial charge >= 0.3 is 0 Å². The van der Waals surface area contributed by atoms with Crippen LogP contribution in [0.5, 0.6) is 5.75 Å². The largest absolute Gasteiger partial charge is 0.489 e. The fourth-order valence-electron chi connectivity index (χ4n) is 1.93. The van der Waals surface area contributed by atoms with Crippen molar-refractivity contribution in [2.24, 2.45) is 0 Å². The highest BCUT2D eigenvalue weighted by atomic mass is 16.5. The second kappa shape index (κ2) is 6.98. The second-order valence-corrected chi connectivity index (χ2v) is 4.96. The van der Waals surface area contributed by atoms with Crippen molar-refractivity contribution in [1.29, 1.82) is 0 Å². The number of carbonyl (C=O) groups excluding carboxylic acids is 1. The Balaban J connectivity index is 1.86. The smallest absolute Gasteiger partial charge is 0.286 e. The van der Waals surface area contributed by atoms with Crippen LogP contribution >= 0.6 is 0 Å². The third-order valence-electron chi connectivity index (χ3n) is 3.29. The molecule has 1 aromatic carbocycles. The van der Waals surface area contributed by atoms with Gasteiger partial charge in [-0.15, -0.1) is 0 Å². The average Bonchev–Trinajstić information content (AvgIpc) is 2.49. The van der Waals surface area contributed by atoms with E-state index in [0.29, 0.717) is 12.4 Å². The number of hydrogen-bond donors (Lipinski definition) is 1. The highest BCUT2D eigenvalue weighted by Gasteiger charge is 2.20. The molecule has 0 saturated heterocycles. The van der Waals surface area contributed by atoms with Gasteiger partial charge in [0, 0.05) is 0 Å². The molecule has 0 fully saturated rings. The molecule has 108 valence electrons. The molecule has 0 bridgehead atoms. The zero-order valence-corrected chi connectivity index (χ0v) is 12.0. The van der Waals surface area contributed by atoms with E-state index in [9.17, 15) is 4.79 Å². The van der Waals surface area contributed by atoms with E-state index < -0.39 is 0 Å². The maximum Gasteiger partial charge on any atom is 0.286 e. The minimum absolute atomic E-state index is 0.103. The van der Waals surface area contributed by atoms with Crippen LogP contribution in [0.2, 0.25) is 0 Å². The molecule has 0 unspecified atom stereocenters. The Labute approximate surface area is 119 Å². The van der Waals surface area contributed by atoms with Gasteiger partial charge in [0.05, 0.1) is 12.6 Å². The normalized spacial score (nSPS) is 17.4. The molecule has 4 heteroatoms. The molecule has 2 atom stereocenters. The molecule has 0 aliphatic carbocycles. The van der Waals surface area contributed by atoms with Crippen molar-refractivity contribution in [2.45, 2.75) is 38.8 Å². The number of rotatable bonds is 5. The summed E-state index contributed by atoms with van der Waals surface area (Å²) in [6, 6.07) is 9.48. The summed E-state index contributed by atoms with van der Waals surface area (Å²) in [6.45, 7) is 4.48. The lowest BCUT2D eigenvalue weighted by Gasteiger charge is -2.23. The van der Waals surface area contributed by atoms with Gasteiger partial charge < -0.3 is 14.8 Å². The first-order valence-corrected chi connectivity index (χ1v) is 7.02. The lowest BCUT2D eigenvalue weighted by Crippen LogP contribution is -2.43. The molecule has 1 heterocycles. The minimum Gasteiger partial charge on any atom is -0.489 e. The Hall–Kier alpha value is -1.97. The summed E-state index contributed by atoms with van der Waals surface area (Å²) in [5, 5.41) is 2.91. The van der Waals surface area contributed by atoms with E-state index in [1.807, 2.05) is 50.3 Å². The Morgan fingerprint density at radius 2 is 2.05 bits per heavy atom. The van der Waals surface area contributed by atoms with Crippen LogP contribution < -0.4 is 10.1 Å². The van der Waals surface area contributed by atoms with Crippen molar-refractivity contribution >= 4 is 5.91 Å². The van der Waals surface area contributed by atoms with E-state index >= 15 is 0 Å².